The van der Waals surface area contributed by atoms with Crippen LogP contribution in [0.2, 0.25) is 0 Å². The van der Waals surface area contributed by atoms with Gasteiger partial charge in [0.25, 0.3) is 0 Å². The monoisotopic (exact) mass is 648 g/mol. The third kappa shape index (κ3) is 6.58. The third-order valence-electron chi connectivity index (χ3n) is 10.1. The first kappa shape index (κ1) is 32.7. The van der Waals surface area contributed by atoms with E-state index in [1.807, 2.05) is 0 Å². The second-order valence-corrected chi connectivity index (χ2v) is 13.9. The maximum atomic E-state index is 2.32. The number of hydrogen-bond acceptors (Lipinski definition) is 2. The number of anilines is 6. The van der Waals surface area contributed by atoms with Crippen molar-refractivity contribution in [3.8, 4) is 0 Å². The average Bonchev–Trinajstić information content (AvgIpc) is 3.17. The van der Waals surface area contributed by atoms with Gasteiger partial charge in [-0.15, -0.1) is 0 Å². The van der Waals surface area contributed by atoms with Crippen LogP contribution in [0.15, 0.2) is 194 Å². The van der Waals surface area contributed by atoms with Crippen molar-refractivity contribution in [2.24, 2.45) is 0 Å². The number of nitrogens with zero attached hydrogens (tertiary/aromatic N) is 2. The zero-order chi connectivity index (χ0) is 34.6. The minimum Gasteiger partial charge on any atom is -0.311 e. The normalized spacial score (nSPS) is 11.6. The summed E-state index contributed by atoms with van der Waals surface area (Å²) in [6.45, 7) is 9.27. The summed E-state index contributed by atoms with van der Waals surface area (Å²) in [5.41, 5.74) is 11.7. The summed E-state index contributed by atoms with van der Waals surface area (Å²) in [5, 5.41) is 0. The predicted octanol–water partition coefficient (Wildman–Crippen LogP) is 13.3. The van der Waals surface area contributed by atoms with Gasteiger partial charge >= 0.3 is 0 Å². The molecule has 0 atom stereocenters. The summed E-state index contributed by atoms with van der Waals surface area (Å²) in [4.78, 5) is 4.61. The highest BCUT2D eigenvalue weighted by molar-refractivity contribution is 5.77. The van der Waals surface area contributed by atoms with E-state index in [0.29, 0.717) is 0 Å². The zero-order valence-electron chi connectivity index (χ0n) is 29.4. The minimum absolute atomic E-state index is 0.161. The van der Waals surface area contributed by atoms with Gasteiger partial charge in [0.05, 0.1) is 0 Å². The largest absolute Gasteiger partial charge is 0.311 e. The zero-order valence-corrected chi connectivity index (χ0v) is 29.4. The van der Waals surface area contributed by atoms with E-state index in [1.165, 1.54) is 22.3 Å². The molecule has 0 aliphatic carbocycles. The van der Waals surface area contributed by atoms with E-state index in [0.717, 1.165) is 34.1 Å². The summed E-state index contributed by atoms with van der Waals surface area (Å²) in [5.74, 6) is 0. The van der Waals surface area contributed by atoms with Gasteiger partial charge in [0, 0.05) is 45.0 Å². The Labute approximate surface area is 297 Å². The maximum Gasteiger partial charge on any atom is 0.0461 e. The van der Waals surface area contributed by atoms with Crippen LogP contribution >= 0.6 is 0 Å². The molecule has 7 aromatic carbocycles. The highest BCUT2D eigenvalue weighted by Crippen LogP contribution is 2.40. The van der Waals surface area contributed by atoms with Crippen molar-refractivity contribution in [3.63, 3.8) is 0 Å². The van der Waals surface area contributed by atoms with Crippen molar-refractivity contribution in [3.05, 3.63) is 216 Å². The van der Waals surface area contributed by atoms with Crippen LogP contribution in [-0.2, 0) is 10.8 Å². The van der Waals surface area contributed by atoms with Gasteiger partial charge < -0.3 is 9.80 Å². The van der Waals surface area contributed by atoms with Gasteiger partial charge in [-0.3, -0.25) is 0 Å². The van der Waals surface area contributed by atoms with Crippen molar-refractivity contribution in [1.29, 1.82) is 0 Å². The van der Waals surface area contributed by atoms with Gasteiger partial charge in [0.15, 0.2) is 0 Å². The highest BCUT2D eigenvalue weighted by atomic mass is 15.1. The molecule has 0 heterocycles. The van der Waals surface area contributed by atoms with Gasteiger partial charge in [0.2, 0.25) is 0 Å². The summed E-state index contributed by atoms with van der Waals surface area (Å²) in [7, 11) is 0. The topological polar surface area (TPSA) is 6.48 Å². The molecule has 0 spiro atoms. The molecule has 0 saturated carbocycles. The molecular formula is C48H44N2. The Kier molecular flexibility index (Phi) is 9.11. The van der Waals surface area contributed by atoms with Crippen molar-refractivity contribution in [1.82, 2.24) is 0 Å². The molecule has 0 aliphatic heterocycles. The van der Waals surface area contributed by atoms with E-state index in [4.69, 9.17) is 0 Å². The number of benzene rings is 7. The molecular weight excluding hydrogens is 605 g/mol. The van der Waals surface area contributed by atoms with Crippen LogP contribution in [0, 0.1) is 0 Å². The fraction of sp³-hybridized carbons (Fsp3) is 0.125. The molecule has 0 saturated heterocycles. The molecule has 7 rings (SSSR count). The Balaban J connectivity index is 1.12. The van der Waals surface area contributed by atoms with E-state index in [2.05, 4.69) is 232 Å². The van der Waals surface area contributed by atoms with Gasteiger partial charge in [-0.05, 0) is 95.1 Å². The first-order chi connectivity index (χ1) is 24.3. The molecule has 0 aromatic heterocycles. The van der Waals surface area contributed by atoms with E-state index in [9.17, 15) is 0 Å². The molecule has 7 aromatic rings. The summed E-state index contributed by atoms with van der Waals surface area (Å²) in [6, 6.07) is 69.6. The standard InChI is InChI=1S/C48H44N2/c1-47(2,39-29-33-45(34-30-39)49(41-17-9-5-10-18-41)42-19-11-6-12-20-42)37-25-27-38(28-26-37)48(3,4)40-31-35-46(36-32-40)50(43-21-13-7-14-22-43)44-23-15-8-16-24-44/h5-36H,1-4H3. The van der Waals surface area contributed by atoms with Crippen LogP contribution in [0.1, 0.15) is 49.9 Å². The lowest BCUT2D eigenvalue weighted by molar-refractivity contribution is 0.626. The summed E-state index contributed by atoms with van der Waals surface area (Å²) < 4.78 is 0. The van der Waals surface area contributed by atoms with Crippen molar-refractivity contribution in [2.45, 2.75) is 38.5 Å². The molecule has 2 nitrogen and oxygen atoms in total. The molecule has 0 fully saturated rings. The summed E-state index contributed by atoms with van der Waals surface area (Å²) in [6.07, 6.45) is 0. The molecule has 0 bridgehead atoms. The first-order valence-electron chi connectivity index (χ1n) is 17.4. The van der Waals surface area contributed by atoms with E-state index < -0.39 is 0 Å². The summed E-state index contributed by atoms with van der Waals surface area (Å²) >= 11 is 0. The van der Waals surface area contributed by atoms with E-state index in [-0.39, 0.29) is 10.8 Å². The van der Waals surface area contributed by atoms with Gasteiger partial charge in [0.1, 0.15) is 0 Å². The average molecular weight is 649 g/mol. The van der Waals surface area contributed by atoms with E-state index >= 15 is 0 Å². The number of rotatable bonds is 10. The van der Waals surface area contributed by atoms with Crippen LogP contribution in [0.25, 0.3) is 0 Å². The quantitative estimate of drug-likeness (QED) is 0.146. The second-order valence-electron chi connectivity index (χ2n) is 13.9. The number of para-hydroxylation sites is 4. The molecule has 2 heteroatoms. The lowest BCUT2D eigenvalue weighted by Gasteiger charge is -2.31. The molecule has 0 radical (unpaired) electrons. The van der Waals surface area contributed by atoms with Crippen LogP contribution in [0.5, 0.6) is 0 Å². The van der Waals surface area contributed by atoms with Crippen molar-refractivity contribution >= 4 is 34.1 Å². The van der Waals surface area contributed by atoms with Crippen molar-refractivity contribution < 1.29 is 0 Å². The fourth-order valence-corrected chi connectivity index (χ4v) is 6.89. The molecule has 0 N–H and O–H groups in total. The number of hydrogen-bond donors (Lipinski definition) is 0. The van der Waals surface area contributed by atoms with Gasteiger partial charge in [-0.1, -0.05) is 149 Å². The molecule has 0 amide bonds. The Bertz CT molecular complexity index is 1870. The lowest BCUT2D eigenvalue weighted by Crippen LogP contribution is -2.22. The third-order valence-corrected chi connectivity index (χ3v) is 10.1. The fourth-order valence-electron chi connectivity index (χ4n) is 6.89. The van der Waals surface area contributed by atoms with Crippen molar-refractivity contribution in [2.75, 3.05) is 9.80 Å². The molecule has 0 unspecified atom stereocenters. The Morgan fingerprint density at radius 2 is 0.420 bits per heavy atom. The second kappa shape index (κ2) is 13.9. The Hall–Kier alpha value is -5.86. The van der Waals surface area contributed by atoms with Gasteiger partial charge in [-0.25, -0.2) is 0 Å². The van der Waals surface area contributed by atoms with E-state index in [1.54, 1.807) is 0 Å². The molecule has 246 valence electrons. The Morgan fingerprint density at radius 1 is 0.240 bits per heavy atom. The maximum absolute atomic E-state index is 2.32. The molecule has 50 heavy (non-hydrogen) atoms. The van der Waals surface area contributed by atoms with Gasteiger partial charge in [-0.2, -0.15) is 0 Å². The highest BCUT2D eigenvalue weighted by Gasteiger charge is 2.27. The predicted molar refractivity (Wildman–Crippen MR) is 213 cm³/mol. The first-order valence-corrected chi connectivity index (χ1v) is 17.4. The lowest BCUT2D eigenvalue weighted by atomic mass is 9.74. The van der Waals surface area contributed by atoms with Crippen LogP contribution < -0.4 is 9.80 Å². The SMILES string of the molecule is CC(C)(c1ccc(N(c2ccccc2)c2ccccc2)cc1)c1ccc(C(C)(C)c2ccc(N(c3ccccc3)c3ccccc3)cc2)cc1. The van der Waals surface area contributed by atoms with Crippen LogP contribution in [0.3, 0.4) is 0 Å². The minimum atomic E-state index is -0.161. The molecule has 0 aliphatic rings. The van der Waals surface area contributed by atoms with Crippen LogP contribution in [-0.4, -0.2) is 0 Å². The van der Waals surface area contributed by atoms with Crippen LogP contribution in [0.4, 0.5) is 34.1 Å². The smallest absolute Gasteiger partial charge is 0.0461 e. The Morgan fingerprint density at radius 3 is 0.640 bits per heavy atom.